The molecule has 7 nitrogen and oxygen atoms in total. The SMILES string of the molecule is CCOC(=O)c1n[nH]nc1-c1ccc(Oc2ccc(C(F)(F)F)cn2)cc1. The third-order valence-corrected chi connectivity index (χ3v) is 3.43. The largest absolute Gasteiger partial charge is 0.461 e. The van der Waals surface area contributed by atoms with Crippen LogP contribution in [-0.4, -0.2) is 33.0 Å². The van der Waals surface area contributed by atoms with Crippen LogP contribution in [0.4, 0.5) is 13.2 Å². The zero-order chi connectivity index (χ0) is 19.4. The fourth-order valence-corrected chi connectivity index (χ4v) is 2.18. The van der Waals surface area contributed by atoms with Gasteiger partial charge in [0, 0.05) is 17.8 Å². The number of benzene rings is 1. The smallest absolute Gasteiger partial charge is 0.417 e. The van der Waals surface area contributed by atoms with Gasteiger partial charge in [0.05, 0.1) is 12.2 Å². The van der Waals surface area contributed by atoms with Crippen molar-refractivity contribution in [2.75, 3.05) is 6.61 Å². The molecule has 0 aliphatic carbocycles. The van der Waals surface area contributed by atoms with Crippen LogP contribution >= 0.6 is 0 Å². The number of aromatic nitrogens is 4. The van der Waals surface area contributed by atoms with Gasteiger partial charge in [-0.3, -0.25) is 0 Å². The Balaban J connectivity index is 1.75. The number of rotatable bonds is 5. The van der Waals surface area contributed by atoms with Gasteiger partial charge in [-0.05, 0) is 37.3 Å². The Morgan fingerprint density at radius 2 is 1.85 bits per heavy atom. The molecule has 0 aliphatic heterocycles. The molecule has 2 aromatic heterocycles. The summed E-state index contributed by atoms with van der Waals surface area (Å²) in [6, 6.07) is 8.40. The standard InChI is InChI=1S/C17H13F3N4O3/c1-2-26-16(25)15-14(22-24-23-15)10-3-6-12(7-4-10)27-13-8-5-11(9-21-13)17(18,19)20/h3-9H,2H2,1H3,(H,22,23,24). The Kier molecular flexibility index (Phi) is 5.06. The van der Waals surface area contributed by atoms with Crippen molar-refractivity contribution in [1.29, 1.82) is 0 Å². The Morgan fingerprint density at radius 1 is 1.11 bits per heavy atom. The van der Waals surface area contributed by atoms with Crippen LogP contribution in [0.3, 0.4) is 0 Å². The normalized spacial score (nSPS) is 11.3. The van der Waals surface area contributed by atoms with E-state index in [0.717, 1.165) is 12.1 Å². The first kappa shape index (κ1) is 18.4. The van der Waals surface area contributed by atoms with Gasteiger partial charge in [0.2, 0.25) is 5.88 Å². The van der Waals surface area contributed by atoms with Crippen molar-refractivity contribution in [3.8, 4) is 22.9 Å². The monoisotopic (exact) mass is 378 g/mol. The predicted octanol–water partition coefficient (Wildman–Crippen LogP) is 3.85. The summed E-state index contributed by atoms with van der Waals surface area (Å²) in [4.78, 5) is 15.5. The highest BCUT2D eigenvalue weighted by atomic mass is 19.4. The quantitative estimate of drug-likeness (QED) is 0.678. The minimum absolute atomic E-state index is 0.0180. The first-order valence-electron chi connectivity index (χ1n) is 7.78. The van der Waals surface area contributed by atoms with Crippen molar-refractivity contribution in [3.63, 3.8) is 0 Å². The molecule has 3 rings (SSSR count). The van der Waals surface area contributed by atoms with E-state index >= 15 is 0 Å². The van der Waals surface area contributed by atoms with E-state index in [1.54, 1.807) is 31.2 Å². The summed E-state index contributed by atoms with van der Waals surface area (Å²) in [6.45, 7) is 1.89. The molecule has 10 heteroatoms. The molecule has 0 saturated heterocycles. The second kappa shape index (κ2) is 7.44. The highest BCUT2D eigenvalue weighted by Gasteiger charge is 2.30. The summed E-state index contributed by atoms with van der Waals surface area (Å²) < 4.78 is 47.9. The van der Waals surface area contributed by atoms with Gasteiger partial charge in [0.25, 0.3) is 0 Å². The van der Waals surface area contributed by atoms with Crippen LogP contribution in [0, 0.1) is 0 Å². The van der Waals surface area contributed by atoms with E-state index < -0.39 is 17.7 Å². The summed E-state index contributed by atoms with van der Waals surface area (Å²) in [5.74, 6) is -0.230. The lowest BCUT2D eigenvalue weighted by Crippen LogP contribution is -2.06. The number of nitrogens with one attached hydrogen (secondary N) is 1. The fourth-order valence-electron chi connectivity index (χ4n) is 2.18. The average Bonchev–Trinajstić information content (AvgIpc) is 3.12. The van der Waals surface area contributed by atoms with Crippen molar-refractivity contribution < 1.29 is 27.4 Å². The molecule has 0 bridgehead atoms. The van der Waals surface area contributed by atoms with Crippen molar-refractivity contribution in [1.82, 2.24) is 20.4 Å². The lowest BCUT2D eigenvalue weighted by molar-refractivity contribution is -0.137. The lowest BCUT2D eigenvalue weighted by Gasteiger charge is -2.08. The summed E-state index contributed by atoms with van der Waals surface area (Å²) >= 11 is 0. The van der Waals surface area contributed by atoms with Gasteiger partial charge in [0.15, 0.2) is 5.69 Å². The first-order valence-corrected chi connectivity index (χ1v) is 7.78. The van der Waals surface area contributed by atoms with Crippen LogP contribution < -0.4 is 4.74 Å². The number of halogens is 3. The van der Waals surface area contributed by atoms with Crippen molar-refractivity contribution in [3.05, 3.63) is 53.9 Å². The van der Waals surface area contributed by atoms with E-state index in [1.807, 2.05) is 0 Å². The molecule has 0 saturated carbocycles. The maximum absolute atomic E-state index is 12.5. The zero-order valence-corrected chi connectivity index (χ0v) is 13.9. The number of nitrogens with zero attached hydrogens (tertiary/aromatic N) is 3. The number of carbonyl (C=O) groups excluding carboxylic acids is 1. The molecule has 0 spiro atoms. The molecule has 2 heterocycles. The fraction of sp³-hybridized carbons (Fsp3) is 0.176. The Hall–Kier alpha value is -3.43. The van der Waals surface area contributed by atoms with Crippen molar-refractivity contribution in [2.24, 2.45) is 0 Å². The van der Waals surface area contributed by atoms with E-state index in [2.05, 4.69) is 20.4 Å². The second-order valence-electron chi connectivity index (χ2n) is 5.25. The van der Waals surface area contributed by atoms with Gasteiger partial charge in [0.1, 0.15) is 11.4 Å². The number of hydrogen-bond acceptors (Lipinski definition) is 6. The molecule has 0 amide bonds. The molecule has 0 atom stereocenters. The summed E-state index contributed by atoms with van der Waals surface area (Å²) in [7, 11) is 0. The maximum atomic E-state index is 12.5. The Labute approximate surface area is 151 Å². The van der Waals surface area contributed by atoms with E-state index in [1.165, 1.54) is 0 Å². The van der Waals surface area contributed by atoms with Crippen molar-refractivity contribution >= 4 is 5.97 Å². The molecule has 0 radical (unpaired) electrons. The highest BCUT2D eigenvalue weighted by Crippen LogP contribution is 2.30. The lowest BCUT2D eigenvalue weighted by atomic mass is 10.1. The first-order chi connectivity index (χ1) is 12.9. The van der Waals surface area contributed by atoms with Crippen LogP contribution in [0.15, 0.2) is 42.6 Å². The number of H-pyrrole nitrogens is 1. The molecule has 0 unspecified atom stereocenters. The molecule has 27 heavy (non-hydrogen) atoms. The maximum Gasteiger partial charge on any atom is 0.417 e. The van der Waals surface area contributed by atoms with E-state index in [0.29, 0.717) is 23.2 Å². The predicted molar refractivity (Wildman–Crippen MR) is 87.1 cm³/mol. The summed E-state index contributed by atoms with van der Waals surface area (Å²) in [5, 5.41) is 10.1. The van der Waals surface area contributed by atoms with Crippen LogP contribution in [0.5, 0.6) is 11.6 Å². The van der Waals surface area contributed by atoms with Gasteiger partial charge < -0.3 is 9.47 Å². The Bertz CT molecular complexity index is 922. The van der Waals surface area contributed by atoms with E-state index in [4.69, 9.17) is 9.47 Å². The van der Waals surface area contributed by atoms with Gasteiger partial charge in [-0.15, -0.1) is 5.10 Å². The average molecular weight is 378 g/mol. The number of alkyl halides is 3. The molecule has 1 aromatic carbocycles. The van der Waals surface area contributed by atoms with Crippen molar-refractivity contribution in [2.45, 2.75) is 13.1 Å². The highest BCUT2D eigenvalue weighted by molar-refractivity contribution is 5.93. The minimum atomic E-state index is -4.46. The second-order valence-corrected chi connectivity index (χ2v) is 5.25. The summed E-state index contributed by atoms with van der Waals surface area (Å²) in [6.07, 6.45) is -3.76. The van der Waals surface area contributed by atoms with Gasteiger partial charge in [-0.25, -0.2) is 9.78 Å². The van der Waals surface area contributed by atoms with Crippen LogP contribution in [-0.2, 0) is 10.9 Å². The van der Waals surface area contributed by atoms with E-state index in [9.17, 15) is 18.0 Å². The molecule has 3 aromatic rings. The third kappa shape index (κ3) is 4.22. The third-order valence-electron chi connectivity index (χ3n) is 3.43. The van der Waals surface area contributed by atoms with Gasteiger partial charge in [-0.2, -0.15) is 23.5 Å². The number of pyridine rings is 1. The zero-order valence-electron chi connectivity index (χ0n) is 13.9. The number of hydrogen-bond donors (Lipinski definition) is 1. The molecule has 0 fully saturated rings. The van der Waals surface area contributed by atoms with Gasteiger partial charge >= 0.3 is 12.1 Å². The number of ether oxygens (including phenoxy) is 2. The number of esters is 1. The number of aromatic amines is 1. The molecular weight excluding hydrogens is 365 g/mol. The van der Waals surface area contributed by atoms with Gasteiger partial charge in [-0.1, -0.05) is 0 Å². The van der Waals surface area contributed by atoms with Crippen LogP contribution in [0.25, 0.3) is 11.3 Å². The molecule has 140 valence electrons. The van der Waals surface area contributed by atoms with Crippen LogP contribution in [0.1, 0.15) is 23.0 Å². The molecular formula is C17H13F3N4O3. The molecule has 1 N–H and O–H groups in total. The topological polar surface area (TPSA) is 90.0 Å². The summed E-state index contributed by atoms with van der Waals surface area (Å²) in [5.41, 5.74) is 0.0878. The van der Waals surface area contributed by atoms with E-state index in [-0.39, 0.29) is 18.2 Å². The minimum Gasteiger partial charge on any atom is -0.461 e. The molecule has 0 aliphatic rings. The number of carbonyl (C=O) groups is 1. The van der Waals surface area contributed by atoms with Crippen LogP contribution in [0.2, 0.25) is 0 Å². The Morgan fingerprint density at radius 3 is 2.44 bits per heavy atom.